The normalized spacial score (nSPS) is 14.7. The number of halogens is 1. The number of nitrogens with zero attached hydrogens (tertiary/aromatic N) is 3. The summed E-state index contributed by atoms with van der Waals surface area (Å²) in [4.78, 5) is 19.6. The third-order valence-corrected chi connectivity index (χ3v) is 3.78. The van der Waals surface area contributed by atoms with Gasteiger partial charge in [-0.25, -0.2) is 9.18 Å². The van der Waals surface area contributed by atoms with Crippen molar-refractivity contribution < 1.29 is 14.3 Å². The minimum absolute atomic E-state index is 0.125. The number of nitrogens with one attached hydrogen (secondary N) is 1. The lowest BCUT2D eigenvalue weighted by Crippen LogP contribution is -2.50. The van der Waals surface area contributed by atoms with Crippen LogP contribution < -0.4 is 10.2 Å². The molecule has 120 valence electrons. The molecular weight excluding hydrogens is 299 g/mol. The van der Waals surface area contributed by atoms with E-state index < -0.39 is 5.82 Å². The monoisotopic (exact) mass is 316 g/mol. The van der Waals surface area contributed by atoms with Crippen molar-refractivity contribution in [1.82, 2.24) is 9.88 Å². The second-order valence-electron chi connectivity index (χ2n) is 5.28. The van der Waals surface area contributed by atoms with Gasteiger partial charge in [0.2, 0.25) is 0 Å². The number of rotatable bonds is 2. The number of aromatic hydroxyl groups is 1. The Bertz CT molecular complexity index is 702. The van der Waals surface area contributed by atoms with E-state index in [1.54, 1.807) is 23.1 Å². The highest BCUT2D eigenvalue weighted by Gasteiger charge is 2.22. The topological polar surface area (TPSA) is 68.7 Å². The van der Waals surface area contributed by atoms with Crippen molar-refractivity contribution in [2.24, 2.45) is 0 Å². The second kappa shape index (κ2) is 6.51. The minimum Gasteiger partial charge on any atom is -0.508 e. The lowest BCUT2D eigenvalue weighted by molar-refractivity contribution is 0.208. The van der Waals surface area contributed by atoms with E-state index in [1.807, 2.05) is 6.07 Å². The third kappa shape index (κ3) is 3.50. The summed E-state index contributed by atoms with van der Waals surface area (Å²) in [6, 6.07) is 8.12. The first-order chi connectivity index (χ1) is 11.1. The highest BCUT2D eigenvalue weighted by molar-refractivity contribution is 5.89. The number of aromatic nitrogens is 1. The molecule has 1 aromatic carbocycles. The van der Waals surface area contributed by atoms with Gasteiger partial charge in [-0.1, -0.05) is 6.07 Å². The maximum Gasteiger partial charge on any atom is 0.322 e. The Morgan fingerprint density at radius 1 is 1.22 bits per heavy atom. The first-order valence-electron chi connectivity index (χ1n) is 7.33. The number of urea groups is 1. The van der Waals surface area contributed by atoms with Crippen molar-refractivity contribution in [3.63, 3.8) is 0 Å². The number of piperazine rings is 1. The average molecular weight is 316 g/mol. The molecule has 2 N–H and O–H groups in total. The molecule has 2 aromatic rings. The van der Waals surface area contributed by atoms with Crippen molar-refractivity contribution >= 4 is 17.4 Å². The van der Waals surface area contributed by atoms with E-state index >= 15 is 0 Å². The van der Waals surface area contributed by atoms with Crippen molar-refractivity contribution in [1.29, 1.82) is 0 Å². The van der Waals surface area contributed by atoms with Crippen LogP contribution >= 0.6 is 0 Å². The maximum absolute atomic E-state index is 13.5. The highest BCUT2D eigenvalue weighted by Crippen LogP contribution is 2.21. The van der Waals surface area contributed by atoms with Crippen LogP contribution in [0.1, 0.15) is 0 Å². The Hall–Kier alpha value is -2.83. The van der Waals surface area contributed by atoms with Crippen molar-refractivity contribution in [3.8, 4) is 5.75 Å². The lowest BCUT2D eigenvalue weighted by Gasteiger charge is -2.36. The molecule has 1 aromatic heterocycles. The van der Waals surface area contributed by atoms with Crippen molar-refractivity contribution in [2.45, 2.75) is 0 Å². The van der Waals surface area contributed by atoms with Gasteiger partial charge in [0, 0.05) is 44.1 Å². The summed E-state index contributed by atoms with van der Waals surface area (Å²) in [6.45, 7) is 2.34. The summed E-state index contributed by atoms with van der Waals surface area (Å²) in [5.41, 5.74) is 1.05. The van der Waals surface area contributed by atoms with E-state index in [4.69, 9.17) is 0 Å². The Balaban J connectivity index is 1.58. The average Bonchev–Trinajstić information content (AvgIpc) is 2.57. The van der Waals surface area contributed by atoms with Gasteiger partial charge in [-0.05, 0) is 18.2 Å². The highest BCUT2D eigenvalue weighted by atomic mass is 19.1. The summed E-state index contributed by atoms with van der Waals surface area (Å²) in [7, 11) is 0. The van der Waals surface area contributed by atoms with Crippen LogP contribution in [-0.4, -0.2) is 47.2 Å². The molecule has 23 heavy (non-hydrogen) atoms. The number of pyridine rings is 1. The molecule has 0 bridgehead atoms. The molecule has 1 aliphatic heterocycles. The van der Waals surface area contributed by atoms with Gasteiger partial charge < -0.3 is 20.2 Å². The Morgan fingerprint density at radius 2 is 2.00 bits per heavy atom. The van der Waals surface area contributed by atoms with Crippen molar-refractivity contribution in [3.05, 3.63) is 48.5 Å². The van der Waals surface area contributed by atoms with Crippen LogP contribution in [0.3, 0.4) is 0 Å². The number of carbonyl (C=O) groups is 1. The van der Waals surface area contributed by atoms with E-state index in [9.17, 15) is 14.3 Å². The van der Waals surface area contributed by atoms with E-state index in [-0.39, 0.29) is 17.5 Å². The molecule has 0 saturated carbocycles. The van der Waals surface area contributed by atoms with E-state index in [0.29, 0.717) is 26.2 Å². The number of benzene rings is 1. The number of phenolic OH excluding ortho intramolecular Hbond substituents is 1. The number of hydrogen-bond acceptors (Lipinski definition) is 4. The molecular formula is C16H17FN4O2. The lowest BCUT2D eigenvalue weighted by atomic mass is 10.2. The van der Waals surface area contributed by atoms with Gasteiger partial charge in [-0.2, -0.15) is 0 Å². The SMILES string of the molecule is O=C(Nc1ccncc1F)N1CCN(c2cccc(O)c2)CC1. The first-order valence-corrected chi connectivity index (χ1v) is 7.33. The number of carbonyl (C=O) groups excluding carboxylic acids is 1. The van der Waals surface area contributed by atoms with Crippen molar-refractivity contribution in [2.75, 3.05) is 36.4 Å². The molecule has 0 atom stereocenters. The zero-order valence-corrected chi connectivity index (χ0v) is 12.4. The van der Waals surface area contributed by atoms with Crippen LogP contribution in [0.4, 0.5) is 20.6 Å². The van der Waals surface area contributed by atoms with E-state index in [1.165, 1.54) is 12.3 Å². The third-order valence-electron chi connectivity index (χ3n) is 3.78. The molecule has 0 radical (unpaired) electrons. The number of phenols is 1. The molecule has 1 aliphatic rings. The summed E-state index contributed by atoms with van der Waals surface area (Å²) >= 11 is 0. The van der Waals surface area contributed by atoms with Gasteiger partial charge in [0.1, 0.15) is 5.75 Å². The van der Waals surface area contributed by atoms with Gasteiger partial charge in [-0.15, -0.1) is 0 Å². The summed E-state index contributed by atoms with van der Waals surface area (Å²) < 4.78 is 13.5. The van der Waals surface area contributed by atoms with Crippen LogP contribution in [0, 0.1) is 5.82 Å². The molecule has 2 amide bonds. The van der Waals surface area contributed by atoms with Gasteiger partial charge in [0.15, 0.2) is 5.82 Å². The zero-order chi connectivity index (χ0) is 16.2. The predicted octanol–water partition coefficient (Wildman–Crippen LogP) is 2.28. The maximum atomic E-state index is 13.5. The summed E-state index contributed by atoms with van der Waals surface area (Å²) in [5.74, 6) is -0.338. The fraction of sp³-hybridized carbons (Fsp3) is 0.250. The summed E-state index contributed by atoms with van der Waals surface area (Å²) in [6.07, 6.45) is 2.49. The van der Waals surface area contributed by atoms with Crippen LogP contribution in [0.5, 0.6) is 5.75 Å². The van der Waals surface area contributed by atoms with Crippen LogP contribution in [0.15, 0.2) is 42.7 Å². The predicted molar refractivity (Wildman–Crippen MR) is 85.1 cm³/mol. The molecule has 6 nitrogen and oxygen atoms in total. The standard InChI is InChI=1S/C16H17FN4O2/c17-14-11-18-5-4-15(14)19-16(23)21-8-6-20(7-9-21)12-2-1-3-13(22)10-12/h1-5,10-11,22H,6-9H2,(H,18,19,23). The van der Waals surface area contributed by atoms with Gasteiger partial charge in [0.05, 0.1) is 11.9 Å². The Labute approximate surface area is 133 Å². The quantitative estimate of drug-likeness (QED) is 0.892. The minimum atomic E-state index is -0.556. The van der Waals surface area contributed by atoms with Crippen LogP contribution in [0.2, 0.25) is 0 Å². The molecule has 2 heterocycles. The fourth-order valence-electron chi connectivity index (χ4n) is 2.53. The zero-order valence-electron chi connectivity index (χ0n) is 12.4. The number of amides is 2. The fourth-order valence-corrected chi connectivity index (χ4v) is 2.53. The first kappa shape index (κ1) is 15.1. The molecule has 0 aliphatic carbocycles. The molecule has 1 saturated heterocycles. The Kier molecular flexibility index (Phi) is 4.27. The van der Waals surface area contributed by atoms with E-state index in [2.05, 4.69) is 15.2 Å². The van der Waals surface area contributed by atoms with Crippen LogP contribution in [-0.2, 0) is 0 Å². The molecule has 3 rings (SSSR count). The van der Waals surface area contributed by atoms with Gasteiger partial charge in [-0.3, -0.25) is 4.98 Å². The molecule has 0 unspecified atom stereocenters. The smallest absolute Gasteiger partial charge is 0.322 e. The number of hydrogen-bond donors (Lipinski definition) is 2. The molecule has 7 heteroatoms. The Morgan fingerprint density at radius 3 is 2.70 bits per heavy atom. The largest absolute Gasteiger partial charge is 0.508 e. The van der Waals surface area contributed by atoms with Crippen LogP contribution in [0.25, 0.3) is 0 Å². The van der Waals surface area contributed by atoms with E-state index in [0.717, 1.165) is 11.9 Å². The molecule has 0 spiro atoms. The molecule has 1 fully saturated rings. The second-order valence-corrected chi connectivity index (χ2v) is 5.28. The van der Waals surface area contributed by atoms with Gasteiger partial charge >= 0.3 is 6.03 Å². The van der Waals surface area contributed by atoms with Gasteiger partial charge in [0.25, 0.3) is 0 Å². The number of anilines is 2. The summed E-state index contributed by atoms with van der Waals surface area (Å²) in [5, 5.41) is 12.1.